The van der Waals surface area contributed by atoms with E-state index >= 15 is 0 Å². The largest absolute Gasteiger partial charge is 0.481 e. The van der Waals surface area contributed by atoms with E-state index in [2.05, 4.69) is 12.6 Å². The lowest BCUT2D eigenvalue weighted by molar-refractivity contribution is -0.144. The van der Waals surface area contributed by atoms with Crippen LogP contribution in [0.25, 0.3) is 0 Å². The van der Waals surface area contributed by atoms with Gasteiger partial charge in [0.25, 0.3) is 0 Å². The van der Waals surface area contributed by atoms with Crippen LogP contribution in [0.4, 0.5) is 0 Å². The minimum absolute atomic E-state index is 0.259. The van der Waals surface area contributed by atoms with Gasteiger partial charge in [0.2, 0.25) is 0 Å². The first-order valence-corrected chi connectivity index (χ1v) is 7.49. The van der Waals surface area contributed by atoms with Crippen LogP contribution in [0.1, 0.15) is 49.1 Å². The summed E-state index contributed by atoms with van der Waals surface area (Å²) in [6, 6.07) is 9.91. The van der Waals surface area contributed by atoms with E-state index < -0.39 is 5.97 Å². The van der Waals surface area contributed by atoms with Crippen molar-refractivity contribution in [3.63, 3.8) is 0 Å². The molecule has 1 saturated carbocycles. The van der Waals surface area contributed by atoms with Crippen LogP contribution in [0.5, 0.6) is 0 Å². The third-order valence-corrected chi connectivity index (χ3v) is 4.59. The van der Waals surface area contributed by atoms with Crippen LogP contribution < -0.4 is 0 Å². The molecule has 1 unspecified atom stereocenters. The summed E-state index contributed by atoms with van der Waals surface area (Å²) in [5.74, 6) is -0.233. The quantitative estimate of drug-likeness (QED) is 0.827. The maximum Gasteiger partial charge on any atom is 0.307 e. The summed E-state index contributed by atoms with van der Waals surface area (Å²) in [5.41, 5.74) is 1.95. The average molecular weight is 283 g/mol. The number of nitrogens with zero attached hydrogens (tertiary/aromatic N) is 1. The lowest BCUT2D eigenvalue weighted by Gasteiger charge is -2.32. The summed E-state index contributed by atoms with van der Waals surface area (Å²) in [4.78, 5) is 11.3. The number of carboxylic acid groups (broad SMARTS) is 1. The molecule has 3 nitrogen and oxygen atoms in total. The summed E-state index contributed by atoms with van der Waals surface area (Å²) in [7, 11) is 0. The van der Waals surface area contributed by atoms with Crippen LogP contribution in [0.15, 0.2) is 36.9 Å². The van der Waals surface area contributed by atoms with Crippen molar-refractivity contribution < 1.29 is 9.90 Å². The van der Waals surface area contributed by atoms with Gasteiger partial charge in [-0.1, -0.05) is 18.2 Å². The molecule has 0 heterocycles. The van der Waals surface area contributed by atoms with Crippen molar-refractivity contribution in [2.45, 2.75) is 38.0 Å². The Morgan fingerprint density at radius 2 is 1.95 bits per heavy atom. The molecule has 0 aliphatic heterocycles. The number of carboxylic acids is 1. The number of nitriles is 1. The molecule has 0 saturated heterocycles. The van der Waals surface area contributed by atoms with E-state index in [4.69, 9.17) is 5.26 Å². The van der Waals surface area contributed by atoms with Crippen LogP contribution in [0, 0.1) is 23.2 Å². The Labute approximate surface area is 125 Å². The Balaban J connectivity index is 1.97. The van der Waals surface area contributed by atoms with Crippen molar-refractivity contribution in [3.8, 4) is 6.07 Å². The number of hydrogen-bond donors (Lipinski definition) is 1. The number of hydrogen-bond acceptors (Lipinski definition) is 2. The second-order valence-electron chi connectivity index (χ2n) is 5.81. The Hall–Kier alpha value is -2.08. The molecule has 110 valence electrons. The predicted octanol–water partition coefficient (Wildman–Crippen LogP) is 4.11. The molecule has 1 aliphatic rings. The van der Waals surface area contributed by atoms with Crippen LogP contribution in [-0.2, 0) is 4.79 Å². The number of rotatable bonds is 5. The van der Waals surface area contributed by atoms with Gasteiger partial charge in [0, 0.05) is 0 Å². The molecule has 0 bridgehead atoms. The molecule has 2 rings (SSSR count). The lowest BCUT2D eigenvalue weighted by Crippen LogP contribution is -2.26. The van der Waals surface area contributed by atoms with Crippen molar-refractivity contribution in [2.75, 3.05) is 0 Å². The van der Waals surface area contributed by atoms with Gasteiger partial charge >= 0.3 is 5.97 Å². The molecule has 21 heavy (non-hydrogen) atoms. The zero-order valence-electron chi connectivity index (χ0n) is 12.2. The van der Waals surface area contributed by atoms with E-state index in [1.807, 2.05) is 24.3 Å². The molecular weight excluding hydrogens is 262 g/mol. The van der Waals surface area contributed by atoms with Gasteiger partial charge in [-0.25, -0.2) is 0 Å². The number of carbonyl (C=O) groups is 1. The van der Waals surface area contributed by atoms with Gasteiger partial charge in [0.05, 0.1) is 17.6 Å². The average Bonchev–Trinajstić information content (AvgIpc) is 2.53. The van der Waals surface area contributed by atoms with E-state index in [-0.39, 0.29) is 11.8 Å². The van der Waals surface area contributed by atoms with E-state index in [0.717, 1.165) is 25.7 Å². The Morgan fingerprint density at radius 3 is 2.43 bits per heavy atom. The van der Waals surface area contributed by atoms with Gasteiger partial charge in [0.1, 0.15) is 0 Å². The summed E-state index contributed by atoms with van der Waals surface area (Å²) in [6.07, 6.45) is 6.23. The van der Waals surface area contributed by atoms with Crippen molar-refractivity contribution in [1.82, 2.24) is 0 Å². The highest BCUT2D eigenvalue weighted by Crippen LogP contribution is 2.39. The third-order valence-electron chi connectivity index (χ3n) is 4.59. The normalized spacial score (nSPS) is 23.0. The predicted molar refractivity (Wildman–Crippen MR) is 81.8 cm³/mol. The SMILES string of the molecule is C=CCC(C(=O)O)[C@H]1CC[C@H](c2ccc(C#N)cc2)CC1. The van der Waals surface area contributed by atoms with Gasteiger partial charge in [0.15, 0.2) is 0 Å². The molecule has 0 radical (unpaired) electrons. The highest BCUT2D eigenvalue weighted by Gasteiger charge is 2.31. The Bertz CT molecular complexity index is 533. The van der Waals surface area contributed by atoms with Gasteiger partial charge in [-0.3, -0.25) is 4.79 Å². The molecule has 0 amide bonds. The van der Waals surface area contributed by atoms with Crippen LogP contribution in [0.2, 0.25) is 0 Å². The summed E-state index contributed by atoms with van der Waals surface area (Å²) < 4.78 is 0. The fraction of sp³-hybridized carbons (Fsp3) is 0.444. The third kappa shape index (κ3) is 3.72. The zero-order chi connectivity index (χ0) is 15.2. The molecule has 1 fully saturated rings. The first kappa shape index (κ1) is 15.3. The number of allylic oxidation sites excluding steroid dienone is 1. The standard InChI is InChI=1S/C18H21NO2/c1-2-3-17(18(20)21)16-10-8-15(9-11-16)14-6-4-13(12-19)5-7-14/h2,4-7,15-17H,1,3,8-11H2,(H,20,21)/t15-,16-,17?. The minimum Gasteiger partial charge on any atom is -0.481 e. The fourth-order valence-electron chi connectivity index (χ4n) is 3.36. The summed E-state index contributed by atoms with van der Waals surface area (Å²) >= 11 is 0. The van der Waals surface area contributed by atoms with E-state index in [9.17, 15) is 9.90 Å². The van der Waals surface area contributed by atoms with Crippen LogP contribution >= 0.6 is 0 Å². The first-order valence-electron chi connectivity index (χ1n) is 7.49. The van der Waals surface area contributed by atoms with Crippen molar-refractivity contribution in [3.05, 3.63) is 48.0 Å². The molecule has 3 heteroatoms. The van der Waals surface area contributed by atoms with Gasteiger partial charge in [-0.05, 0) is 61.6 Å². The smallest absolute Gasteiger partial charge is 0.307 e. The fourth-order valence-corrected chi connectivity index (χ4v) is 3.36. The molecule has 1 aromatic carbocycles. The Kier molecular flexibility index (Phi) is 5.16. The molecule has 0 spiro atoms. The maximum absolute atomic E-state index is 11.3. The number of benzene rings is 1. The number of aliphatic carboxylic acids is 1. The van der Waals surface area contributed by atoms with Crippen LogP contribution in [-0.4, -0.2) is 11.1 Å². The van der Waals surface area contributed by atoms with E-state index in [1.165, 1.54) is 5.56 Å². The highest BCUT2D eigenvalue weighted by molar-refractivity contribution is 5.70. The first-order chi connectivity index (χ1) is 10.2. The van der Waals surface area contributed by atoms with E-state index in [0.29, 0.717) is 17.9 Å². The highest BCUT2D eigenvalue weighted by atomic mass is 16.4. The summed E-state index contributed by atoms with van der Waals surface area (Å²) in [5, 5.41) is 18.1. The lowest BCUT2D eigenvalue weighted by atomic mass is 9.73. The monoisotopic (exact) mass is 283 g/mol. The topological polar surface area (TPSA) is 61.1 Å². The van der Waals surface area contributed by atoms with Gasteiger partial charge in [-0.15, -0.1) is 6.58 Å². The van der Waals surface area contributed by atoms with Gasteiger partial charge < -0.3 is 5.11 Å². The molecule has 1 N–H and O–H groups in total. The maximum atomic E-state index is 11.3. The molecule has 1 atom stereocenters. The molecule has 1 aromatic rings. The Morgan fingerprint density at radius 1 is 1.33 bits per heavy atom. The van der Waals surface area contributed by atoms with Gasteiger partial charge in [-0.2, -0.15) is 5.26 Å². The zero-order valence-corrected chi connectivity index (χ0v) is 12.2. The molecule has 0 aromatic heterocycles. The summed E-state index contributed by atoms with van der Waals surface area (Å²) in [6.45, 7) is 3.67. The van der Waals surface area contributed by atoms with E-state index in [1.54, 1.807) is 6.08 Å². The van der Waals surface area contributed by atoms with Crippen LogP contribution in [0.3, 0.4) is 0 Å². The van der Waals surface area contributed by atoms with Crippen molar-refractivity contribution in [2.24, 2.45) is 11.8 Å². The van der Waals surface area contributed by atoms with Crippen molar-refractivity contribution >= 4 is 5.97 Å². The second kappa shape index (κ2) is 7.08. The van der Waals surface area contributed by atoms with Crippen molar-refractivity contribution in [1.29, 1.82) is 5.26 Å². The molecular formula is C18H21NO2. The second-order valence-corrected chi connectivity index (χ2v) is 5.81. The molecule has 1 aliphatic carbocycles. The minimum atomic E-state index is -0.697.